The fourth-order valence-corrected chi connectivity index (χ4v) is 3.52. The summed E-state index contributed by atoms with van der Waals surface area (Å²) in [6, 6.07) is 9.53. The van der Waals surface area contributed by atoms with E-state index in [9.17, 15) is 23.9 Å². The average molecular weight is 423 g/mol. The van der Waals surface area contributed by atoms with Gasteiger partial charge in [-0.2, -0.15) is 24.2 Å². The molecule has 0 saturated heterocycles. The van der Waals surface area contributed by atoms with Crippen molar-refractivity contribution >= 4 is 16.9 Å². The predicted octanol–water partition coefficient (Wildman–Crippen LogP) is 3.81. The molecule has 0 fully saturated rings. The van der Waals surface area contributed by atoms with Crippen LogP contribution in [0.15, 0.2) is 42.7 Å². The number of alkyl halides is 2. The molecular formula is C21H15F2N5O3. The smallest absolute Gasteiger partial charge is 0.387 e. The summed E-state index contributed by atoms with van der Waals surface area (Å²) >= 11 is 0. The van der Waals surface area contributed by atoms with Crippen molar-refractivity contribution in [2.45, 2.75) is 6.61 Å². The van der Waals surface area contributed by atoms with Gasteiger partial charge in [0.2, 0.25) is 0 Å². The standard InChI is InChI=1S/C21H15F2N5O3/c1-27-10-14(9-25-27)12-5-13(8-24)18-16(6-12)26-28(2)19(18)11-3-4-15(20(29)30)17(7-11)31-21(22)23/h3-7,9-10,21H,1-2H3,(H,29,30). The lowest BCUT2D eigenvalue weighted by Gasteiger charge is -2.11. The Balaban J connectivity index is 1.94. The maximum atomic E-state index is 12.8. The summed E-state index contributed by atoms with van der Waals surface area (Å²) in [7, 11) is 3.44. The van der Waals surface area contributed by atoms with Crippen LogP contribution in [0, 0.1) is 11.3 Å². The maximum absolute atomic E-state index is 12.8. The van der Waals surface area contributed by atoms with Crippen molar-refractivity contribution in [2.24, 2.45) is 14.1 Å². The number of carboxylic acids is 1. The van der Waals surface area contributed by atoms with Crippen LogP contribution >= 0.6 is 0 Å². The zero-order valence-corrected chi connectivity index (χ0v) is 16.4. The van der Waals surface area contributed by atoms with Crippen molar-refractivity contribution in [1.29, 1.82) is 5.26 Å². The highest BCUT2D eigenvalue weighted by Crippen LogP contribution is 2.36. The summed E-state index contributed by atoms with van der Waals surface area (Å²) < 4.78 is 33.2. The predicted molar refractivity (Wildman–Crippen MR) is 107 cm³/mol. The largest absolute Gasteiger partial charge is 0.478 e. The molecule has 0 radical (unpaired) electrons. The van der Waals surface area contributed by atoms with Crippen molar-refractivity contribution in [3.8, 4) is 34.2 Å². The fraction of sp³-hybridized carbons (Fsp3) is 0.143. The Morgan fingerprint density at radius 3 is 2.58 bits per heavy atom. The number of benzene rings is 2. The molecule has 0 aliphatic heterocycles. The molecule has 0 bridgehead atoms. The van der Waals surface area contributed by atoms with Crippen molar-refractivity contribution in [2.75, 3.05) is 0 Å². The molecule has 10 heteroatoms. The van der Waals surface area contributed by atoms with Gasteiger partial charge in [-0.05, 0) is 29.8 Å². The minimum atomic E-state index is -3.19. The molecule has 0 aliphatic rings. The molecule has 4 aromatic rings. The zero-order valence-electron chi connectivity index (χ0n) is 16.4. The molecular weight excluding hydrogens is 408 g/mol. The van der Waals surface area contributed by atoms with E-state index in [0.717, 1.165) is 11.1 Å². The third kappa shape index (κ3) is 3.57. The summed E-state index contributed by atoms with van der Waals surface area (Å²) in [5.74, 6) is -1.87. The average Bonchev–Trinajstić information content (AvgIpc) is 3.28. The molecule has 4 rings (SSSR count). The van der Waals surface area contributed by atoms with Crippen molar-refractivity contribution < 1.29 is 23.4 Å². The number of halogens is 2. The van der Waals surface area contributed by atoms with Gasteiger partial charge in [0.05, 0.1) is 29.0 Å². The Kier molecular flexibility index (Phi) is 4.87. The number of rotatable bonds is 5. The monoisotopic (exact) mass is 423 g/mol. The van der Waals surface area contributed by atoms with Gasteiger partial charge in [0.1, 0.15) is 11.3 Å². The highest BCUT2D eigenvalue weighted by Gasteiger charge is 2.21. The SMILES string of the molecule is Cn1cc(-c2cc(C#N)c3c(-c4ccc(C(=O)O)c(OC(F)F)c4)n(C)nc3c2)cn1. The number of fused-ring (bicyclic) bond motifs is 1. The van der Waals surface area contributed by atoms with Crippen LogP contribution in [0.5, 0.6) is 5.75 Å². The number of hydrogen-bond acceptors (Lipinski definition) is 5. The molecule has 0 unspecified atom stereocenters. The quantitative estimate of drug-likeness (QED) is 0.523. The van der Waals surface area contributed by atoms with Gasteiger partial charge < -0.3 is 9.84 Å². The number of nitrogens with zero attached hydrogens (tertiary/aromatic N) is 5. The van der Waals surface area contributed by atoms with Gasteiger partial charge >= 0.3 is 12.6 Å². The van der Waals surface area contributed by atoms with Gasteiger partial charge in [-0.15, -0.1) is 0 Å². The summed E-state index contributed by atoms with van der Waals surface area (Å²) in [5, 5.41) is 28.2. The Bertz CT molecular complexity index is 1370. The second-order valence-corrected chi connectivity index (χ2v) is 6.80. The molecule has 1 N–H and O–H groups in total. The summed E-state index contributed by atoms with van der Waals surface area (Å²) in [5.41, 5.74) is 2.88. The molecule has 156 valence electrons. The number of hydrogen-bond donors (Lipinski definition) is 1. The fourth-order valence-electron chi connectivity index (χ4n) is 3.52. The third-order valence-electron chi connectivity index (χ3n) is 4.80. The summed E-state index contributed by atoms with van der Waals surface area (Å²) in [6.45, 7) is -3.19. The van der Waals surface area contributed by atoms with Gasteiger partial charge in [0, 0.05) is 36.8 Å². The van der Waals surface area contributed by atoms with E-state index in [1.807, 2.05) is 6.20 Å². The van der Waals surface area contributed by atoms with Crippen LogP contribution < -0.4 is 4.74 Å². The van der Waals surface area contributed by atoms with Crippen LogP contribution in [0.2, 0.25) is 0 Å². The number of carbonyl (C=O) groups is 1. The molecule has 0 saturated carbocycles. The molecule has 2 heterocycles. The molecule has 0 atom stereocenters. The van der Waals surface area contributed by atoms with E-state index in [1.165, 1.54) is 22.9 Å². The molecule has 2 aromatic carbocycles. The first kappa shape index (κ1) is 20.0. The Morgan fingerprint density at radius 2 is 1.97 bits per heavy atom. The topological polar surface area (TPSA) is 106 Å². The second kappa shape index (κ2) is 7.53. The zero-order chi connectivity index (χ0) is 22.3. The molecule has 31 heavy (non-hydrogen) atoms. The van der Waals surface area contributed by atoms with E-state index >= 15 is 0 Å². The van der Waals surface area contributed by atoms with Crippen molar-refractivity contribution in [3.63, 3.8) is 0 Å². The van der Waals surface area contributed by atoms with Crippen molar-refractivity contribution in [3.05, 3.63) is 53.9 Å². The molecule has 2 aromatic heterocycles. The number of ether oxygens (including phenoxy) is 1. The number of aromatic nitrogens is 4. The Hall–Kier alpha value is -4.26. The normalized spacial score (nSPS) is 11.1. The second-order valence-electron chi connectivity index (χ2n) is 6.80. The summed E-state index contributed by atoms with van der Waals surface area (Å²) in [6.07, 6.45) is 3.48. The van der Waals surface area contributed by atoms with E-state index < -0.39 is 23.9 Å². The number of aryl methyl sites for hydroxylation is 2. The van der Waals surface area contributed by atoms with Gasteiger partial charge in [0.15, 0.2) is 0 Å². The molecule has 0 amide bonds. The Labute approximate surface area is 174 Å². The van der Waals surface area contributed by atoms with Crippen LogP contribution in [0.25, 0.3) is 33.3 Å². The van der Waals surface area contributed by atoms with E-state index in [1.54, 1.807) is 37.1 Å². The van der Waals surface area contributed by atoms with Gasteiger partial charge in [-0.25, -0.2) is 4.79 Å². The van der Waals surface area contributed by atoms with E-state index in [4.69, 9.17) is 0 Å². The van der Waals surface area contributed by atoms with E-state index in [2.05, 4.69) is 21.0 Å². The number of aromatic carboxylic acids is 1. The van der Waals surface area contributed by atoms with E-state index in [0.29, 0.717) is 27.7 Å². The first-order chi connectivity index (χ1) is 14.8. The van der Waals surface area contributed by atoms with Crippen LogP contribution in [0.1, 0.15) is 15.9 Å². The van der Waals surface area contributed by atoms with Gasteiger partial charge in [0.25, 0.3) is 0 Å². The van der Waals surface area contributed by atoms with Gasteiger partial charge in [-0.1, -0.05) is 6.07 Å². The van der Waals surface area contributed by atoms with Crippen LogP contribution in [0.4, 0.5) is 8.78 Å². The number of carboxylic acid groups (broad SMARTS) is 1. The van der Waals surface area contributed by atoms with Crippen molar-refractivity contribution in [1.82, 2.24) is 19.6 Å². The highest BCUT2D eigenvalue weighted by atomic mass is 19.3. The first-order valence-corrected chi connectivity index (χ1v) is 9.01. The maximum Gasteiger partial charge on any atom is 0.387 e. The highest BCUT2D eigenvalue weighted by molar-refractivity contribution is 6.00. The lowest BCUT2D eigenvalue weighted by atomic mass is 9.98. The van der Waals surface area contributed by atoms with Crippen LogP contribution in [-0.2, 0) is 14.1 Å². The third-order valence-corrected chi connectivity index (χ3v) is 4.80. The lowest BCUT2D eigenvalue weighted by Crippen LogP contribution is -2.08. The molecule has 8 nitrogen and oxygen atoms in total. The minimum Gasteiger partial charge on any atom is -0.478 e. The molecule has 0 aliphatic carbocycles. The minimum absolute atomic E-state index is 0.332. The number of nitriles is 1. The Morgan fingerprint density at radius 1 is 1.19 bits per heavy atom. The van der Waals surface area contributed by atoms with E-state index in [-0.39, 0.29) is 0 Å². The molecule has 0 spiro atoms. The summed E-state index contributed by atoms with van der Waals surface area (Å²) in [4.78, 5) is 11.4. The first-order valence-electron chi connectivity index (χ1n) is 9.01. The van der Waals surface area contributed by atoms with Crippen LogP contribution in [-0.4, -0.2) is 37.2 Å². The van der Waals surface area contributed by atoms with Crippen LogP contribution in [0.3, 0.4) is 0 Å². The lowest BCUT2D eigenvalue weighted by molar-refractivity contribution is -0.0502. The van der Waals surface area contributed by atoms with Gasteiger partial charge in [-0.3, -0.25) is 9.36 Å².